The molecule has 53 heavy (non-hydrogen) atoms. The van der Waals surface area contributed by atoms with E-state index < -0.39 is 0 Å². The van der Waals surface area contributed by atoms with Crippen LogP contribution in [0.4, 0.5) is 22.7 Å². The van der Waals surface area contributed by atoms with Gasteiger partial charge >= 0.3 is 0 Å². The second kappa shape index (κ2) is 13.0. The number of rotatable bonds is 6. The lowest BCUT2D eigenvalue weighted by molar-refractivity contribution is 0.413. The summed E-state index contributed by atoms with van der Waals surface area (Å²) in [6, 6.07) is 41.2. The summed E-state index contributed by atoms with van der Waals surface area (Å²) in [6.07, 6.45) is 0. The van der Waals surface area contributed by atoms with Crippen molar-refractivity contribution in [3.8, 4) is 34.0 Å². The zero-order valence-electron chi connectivity index (χ0n) is 32.4. The van der Waals surface area contributed by atoms with Crippen LogP contribution in [-0.4, -0.2) is 16.2 Å². The summed E-state index contributed by atoms with van der Waals surface area (Å²) in [5.41, 5.74) is 17.7. The van der Waals surface area contributed by atoms with Gasteiger partial charge in [0.25, 0.3) is 0 Å². The summed E-state index contributed by atoms with van der Waals surface area (Å²) >= 11 is 0. The monoisotopic (exact) mass is 696 g/mol. The summed E-state index contributed by atoms with van der Waals surface area (Å²) in [5.74, 6) is 2.49. The van der Waals surface area contributed by atoms with Crippen LogP contribution in [0.1, 0.15) is 54.2 Å². The van der Waals surface area contributed by atoms with Crippen molar-refractivity contribution < 1.29 is 4.74 Å². The number of fused-ring (bicyclic) bond motifs is 2. The van der Waals surface area contributed by atoms with Crippen molar-refractivity contribution in [3.63, 3.8) is 0 Å². The van der Waals surface area contributed by atoms with Gasteiger partial charge in [0.2, 0.25) is 0 Å². The number of hydrogen-bond donors (Lipinski definition) is 0. The minimum Gasteiger partial charge on any atom is -0.457 e. The summed E-state index contributed by atoms with van der Waals surface area (Å²) in [7, 11) is 0. The van der Waals surface area contributed by atoms with E-state index in [1.807, 2.05) is 6.07 Å². The maximum absolute atomic E-state index is 6.78. The second-order valence-corrected chi connectivity index (χ2v) is 15.7. The van der Waals surface area contributed by atoms with Crippen LogP contribution in [0.3, 0.4) is 0 Å². The third-order valence-electron chi connectivity index (χ3n) is 10.4. The SMILES string of the molecule is Cc1cc(C)c(-c2ccc(Oc3cccc(N4CN(c5c(C)cc(C)cc5C)c5ccccc54)c3)cc2-c2nc3ccccc3n2C(C)(C)C)c(C)c1. The number of ether oxygens (including phenoxy) is 1. The van der Waals surface area contributed by atoms with Crippen LogP contribution in [0.5, 0.6) is 11.5 Å². The Morgan fingerprint density at radius 1 is 0.566 bits per heavy atom. The topological polar surface area (TPSA) is 33.5 Å². The Labute approximate surface area is 314 Å². The Hall–Kier alpha value is -5.81. The Morgan fingerprint density at radius 3 is 1.85 bits per heavy atom. The molecule has 7 aromatic rings. The third-order valence-corrected chi connectivity index (χ3v) is 10.4. The molecule has 2 heterocycles. The van der Waals surface area contributed by atoms with E-state index in [1.54, 1.807) is 0 Å². The molecule has 0 N–H and O–H groups in total. The van der Waals surface area contributed by atoms with Gasteiger partial charge in [-0.15, -0.1) is 0 Å². The first-order valence-corrected chi connectivity index (χ1v) is 18.6. The lowest BCUT2D eigenvalue weighted by atomic mass is 9.90. The molecular weight excluding hydrogens is 649 g/mol. The van der Waals surface area contributed by atoms with Crippen molar-refractivity contribution in [2.75, 3.05) is 16.5 Å². The van der Waals surface area contributed by atoms with Crippen LogP contribution >= 0.6 is 0 Å². The number of hydrogen-bond acceptors (Lipinski definition) is 4. The molecule has 0 saturated heterocycles. The third kappa shape index (κ3) is 6.14. The molecule has 0 bridgehead atoms. The molecule has 1 aromatic heterocycles. The highest BCUT2D eigenvalue weighted by Crippen LogP contribution is 2.47. The molecule has 6 aromatic carbocycles. The Kier molecular flexibility index (Phi) is 8.41. The van der Waals surface area contributed by atoms with Crippen molar-refractivity contribution in [1.29, 1.82) is 0 Å². The largest absolute Gasteiger partial charge is 0.457 e. The molecule has 0 spiro atoms. The second-order valence-electron chi connectivity index (χ2n) is 15.7. The van der Waals surface area contributed by atoms with E-state index in [9.17, 15) is 0 Å². The first-order chi connectivity index (χ1) is 25.4. The lowest BCUT2D eigenvalue weighted by Gasteiger charge is -2.26. The molecule has 5 nitrogen and oxygen atoms in total. The smallest absolute Gasteiger partial charge is 0.142 e. The molecule has 8 rings (SSSR count). The molecule has 0 amide bonds. The molecule has 0 saturated carbocycles. The Balaban J connectivity index is 1.21. The fraction of sp³-hybridized carbons (Fsp3) is 0.229. The Morgan fingerprint density at radius 2 is 1.17 bits per heavy atom. The van der Waals surface area contributed by atoms with Gasteiger partial charge in [0.15, 0.2) is 0 Å². The number of imidazole rings is 1. The highest BCUT2D eigenvalue weighted by atomic mass is 16.5. The first kappa shape index (κ1) is 34.3. The molecule has 0 radical (unpaired) electrons. The van der Waals surface area contributed by atoms with Crippen molar-refractivity contribution in [2.24, 2.45) is 0 Å². The van der Waals surface area contributed by atoms with Gasteiger partial charge in [0, 0.05) is 28.5 Å². The normalized spacial score (nSPS) is 12.8. The number of nitrogens with zero attached hydrogens (tertiary/aromatic N) is 4. The minimum atomic E-state index is -0.208. The number of para-hydroxylation sites is 4. The number of aryl methyl sites for hydroxylation is 6. The number of anilines is 4. The van der Waals surface area contributed by atoms with Crippen LogP contribution < -0.4 is 14.5 Å². The summed E-state index contributed by atoms with van der Waals surface area (Å²) in [5, 5.41) is 0. The van der Waals surface area contributed by atoms with E-state index >= 15 is 0 Å². The molecule has 1 aliphatic rings. The van der Waals surface area contributed by atoms with Gasteiger partial charge in [-0.25, -0.2) is 4.98 Å². The van der Waals surface area contributed by atoms with Gasteiger partial charge in [-0.1, -0.05) is 65.7 Å². The highest BCUT2D eigenvalue weighted by molar-refractivity contribution is 5.90. The lowest BCUT2D eigenvalue weighted by Crippen LogP contribution is -2.25. The van der Waals surface area contributed by atoms with Crippen molar-refractivity contribution >= 4 is 33.8 Å². The molecule has 0 unspecified atom stereocenters. The standard InChI is InChI=1S/C48H48N4O/c1-30-23-32(3)45(33(4)24-30)39-22-21-38(28-40(39)47-49-41-17-10-11-18-42(41)52(47)48(7,8)9)53-37-16-14-15-36(27-37)50-29-51(44-20-13-12-19-43(44)50)46-34(5)25-31(2)26-35(46)6/h10-28H,29H2,1-9H3. The quantitative estimate of drug-likeness (QED) is 0.173. The van der Waals surface area contributed by atoms with E-state index in [4.69, 9.17) is 9.72 Å². The van der Waals surface area contributed by atoms with Gasteiger partial charge in [-0.3, -0.25) is 0 Å². The van der Waals surface area contributed by atoms with E-state index in [1.165, 1.54) is 56.0 Å². The van der Waals surface area contributed by atoms with E-state index in [-0.39, 0.29) is 5.54 Å². The zero-order valence-corrected chi connectivity index (χ0v) is 32.4. The number of benzene rings is 6. The Bertz CT molecular complexity index is 2490. The zero-order chi connectivity index (χ0) is 37.2. The average molecular weight is 697 g/mol. The maximum Gasteiger partial charge on any atom is 0.142 e. The van der Waals surface area contributed by atoms with Crippen LogP contribution in [0, 0.1) is 41.5 Å². The summed E-state index contributed by atoms with van der Waals surface area (Å²) < 4.78 is 9.16. The average Bonchev–Trinajstić information content (AvgIpc) is 3.68. The van der Waals surface area contributed by atoms with Crippen molar-refractivity contribution in [3.05, 3.63) is 149 Å². The van der Waals surface area contributed by atoms with Crippen LogP contribution in [-0.2, 0) is 5.54 Å². The summed E-state index contributed by atoms with van der Waals surface area (Å²) in [6.45, 7) is 20.6. The number of aromatic nitrogens is 2. The van der Waals surface area contributed by atoms with E-state index in [0.717, 1.165) is 45.2 Å². The predicted molar refractivity (Wildman–Crippen MR) is 223 cm³/mol. The van der Waals surface area contributed by atoms with Crippen LogP contribution in [0.2, 0.25) is 0 Å². The fourth-order valence-electron chi connectivity index (χ4n) is 8.56. The van der Waals surface area contributed by atoms with E-state index in [0.29, 0.717) is 6.67 Å². The first-order valence-electron chi connectivity index (χ1n) is 18.6. The van der Waals surface area contributed by atoms with Crippen molar-refractivity contribution in [1.82, 2.24) is 9.55 Å². The minimum absolute atomic E-state index is 0.208. The molecule has 0 atom stereocenters. The summed E-state index contributed by atoms with van der Waals surface area (Å²) in [4.78, 5) is 10.1. The van der Waals surface area contributed by atoms with Gasteiger partial charge in [-0.2, -0.15) is 0 Å². The molecule has 0 fully saturated rings. The molecule has 5 heteroatoms. The molecule has 0 aliphatic carbocycles. The molecule has 1 aliphatic heterocycles. The van der Waals surface area contributed by atoms with Gasteiger partial charge in [-0.05, 0) is 150 Å². The van der Waals surface area contributed by atoms with Gasteiger partial charge in [0.1, 0.15) is 24.0 Å². The highest BCUT2D eigenvalue weighted by Gasteiger charge is 2.30. The van der Waals surface area contributed by atoms with Gasteiger partial charge in [0.05, 0.1) is 22.4 Å². The fourth-order valence-corrected chi connectivity index (χ4v) is 8.56. The van der Waals surface area contributed by atoms with Gasteiger partial charge < -0.3 is 19.1 Å². The molecule has 266 valence electrons. The maximum atomic E-state index is 6.78. The predicted octanol–water partition coefficient (Wildman–Crippen LogP) is 13.0. The van der Waals surface area contributed by atoms with Crippen LogP contribution in [0.15, 0.2) is 115 Å². The van der Waals surface area contributed by atoms with Crippen LogP contribution in [0.25, 0.3) is 33.5 Å². The van der Waals surface area contributed by atoms with E-state index in [2.05, 4.69) is 186 Å². The van der Waals surface area contributed by atoms with Crippen molar-refractivity contribution in [2.45, 2.75) is 67.9 Å². The molecular formula is C48H48N4O.